The number of ether oxygens (including phenoxy) is 1. The van der Waals surface area contributed by atoms with Crippen molar-refractivity contribution in [1.82, 2.24) is 0 Å². The second kappa shape index (κ2) is 2.95. The van der Waals surface area contributed by atoms with E-state index in [-0.39, 0.29) is 0 Å². The van der Waals surface area contributed by atoms with Crippen LogP contribution in [0.25, 0.3) is 0 Å². The van der Waals surface area contributed by atoms with Crippen LogP contribution in [0.15, 0.2) is 0 Å². The van der Waals surface area contributed by atoms with Crippen LogP contribution >= 0.6 is 0 Å². The minimum atomic E-state index is -2.54. The first kappa shape index (κ1) is 9.92. The normalized spacial score (nSPS) is 50.9. The smallest absolute Gasteiger partial charge is 0.263 e. The molecule has 0 spiro atoms. The molecule has 6 heteroatoms. The van der Waals surface area contributed by atoms with E-state index < -0.39 is 30.2 Å². The number of hydrogen-bond acceptors (Lipinski definition) is 4. The standard InChI is InChI=1S/C6H12BFO4/c1-2(9)6(8)4(11)3(10)5(7)12-6/h2-5,9-11H,7H2,1H3/t2?,3-,4+,5-,6-/m1/s1. The van der Waals surface area contributed by atoms with Crippen molar-refractivity contribution in [1.29, 1.82) is 0 Å². The Morgan fingerprint density at radius 1 is 1.58 bits per heavy atom. The number of halogens is 1. The summed E-state index contributed by atoms with van der Waals surface area (Å²) in [6.07, 6.45) is -4.44. The van der Waals surface area contributed by atoms with Gasteiger partial charge in [-0.1, -0.05) is 0 Å². The highest BCUT2D eigenvalue weighted by Crippen LogP contribution is 2.34. The predicted molar refractivity (Wildman–Crippen MR) is 41.0 cm³/mol. The SMILES string of the molecule is B[C@@H]1O[C@](F)(C(C)O)[C@@H](O)[C@H]1O. The molecule has 0 aromatic carbocycles. The van der Waals surface area contributed by atoms with Crippen LogP contribution < -0.4 is 0 Å². The summed E-state index contributed by atoms with van der Waals surface area (Å²) >= 11 is 0. The molecule has 0 aliphatic carbocycles. The van der Waals surface area contributed by atoms with E-state index in [0.717, 1.165) is 6.92 Å². The Labute approximate surface area is 70.4 Å². The Morgan fingerprint density at radius 3 is 2.25 bits per heavy atom. The molecule has 0 aromatic rings. The van der Waals surface area contributed by atoms with Crippen molar-refractivity contribution in [3.63, 3.8) is 0 Å². The van der Waals surface area contributed by atoms with Gasteiger partial charge in [-0.3, -0.25) is 0 Å². The number of aliphatic hydroxyl groups is 3. The topological polar surface area (TPSA) is 69.9 Å². The van der Waals surface area contributed by atoms with Gasteiger partial charge in [0.15, 0.2) is 0 Å². The third-order valence-electron chi connectivity index (χ3n) is 2.14. The average molecular weight is 178 g/mol. The fourth-order valence-corrected chi connectivity index (χ4v) is 1.26. The van der Waals surface area contributed by atoms with E-state index in [9.17, 15) is 4.39 Å². The highest BCUT2D eigenvalue weighted by molar-refractivity contribution is 6.11. The van der Waals surface area contributed by atoms with Crippen molar-refractivity contribution >= 4 is 7.85 Å². The minimum absolute atomic E-state index is 0.806. The van der Waals surface area contributed by atoms with E-state index in [0.29, 0.717) is 0 Å². The van der Waals surface area contributed by atoms with Gasteiger partial charge >= 0.3 is 0 Å². The molecule has 0 radical (unpaired) electrons. The Kier molecular flexibility index (Phi) is 2.44. The summed E-state index contributed by atoms with van der Waals surface area (Å²) in [5.41, 5.74) is 0. The Morgan fingerprint density at radius 2 is 2.08 bits per heavy atom. The number of hydrogen-bond donors (Lipinski definition) is 3. The van der Waals surface area contributed by atoms with Gasteiger partial charge in [-0.05, 0) is 6.92 Å². The lowest BCUT2D eigenvalue weighted by atomic mass is 9.92. The third kappa shape index (κ3) is 1.24. The molecule has 12 heavy (non-hydrogen) atoms. The highest BCUT2D eigenvalue weighted by Gasteiger charge is 2.56. The van der Waals surface area contributed by atoms with Gasteiger partial charge in [0.05, 0.1) is 6.00 Å². The van der Waals surface area contributed by atoms with Crippen LogP contribution in [-0.2, 0) is 4.74 Å². The lowest BCUT2D eigenvalue weighted by Gasteiger charge is -2.25. The van der Waals surface area contributed by atoms with Crippen LogP contribution in [0.3, 0.4) is 0 Å². The van der Waals surface area contributed by atoms with Gasteiger partial charge in [0, 0.05) is 0 Å². The van der Waals surface area contributed by atoms with Gasteiger partial charge in [-0.15, -0.1) is 0 Å². The molecule has 1 heterocycles. The van der Waals surface area contributed by atoms with E-state index in [1.807, 2.05) is 0 Å². The molecule has 1 fully saturated rings. The van der Waals surface area contributed by atoms with Gasteiger partial charge in [0.2, 0.25) is 0 Å². The van der Waals surface area contributed by atoms with Gasteiger partial charge in [-0.25, -0.2) is 4.39 Å². The minimum Gasteiger partial charge on any atom is -0.388 e. The van der Waals surface area contributed by atoms with E-state index in [1.165, 1.54) is 7.85 Å². The Hall–Kier alpha value is -0.165. The van der Waals surface area contributed by atoms with Crippen LogP contribution in [0.4, 0.5) is 4.39 Å². The fraction of sp³-hybridized carbons (Fsp3) is 1.00. The first-order valence-electron chi connectivity index (χ1n) is 3.80. The van der Waals surface area contributed by atoms with Crippen molar-refractivity contribution in [3.05, 3.63) is 0 Å². The summed E-state index contributed by atoms with van der Waals surface area (Å²) in [5.74, 6) is -2.54. The fourth-order valence-electron chi connectivity index (χ4n) is 1.26. The summed E-state index contributed by atoms with van der Waals surface area (Å²) in [7, 11) is 1.43. The number of rotatable bonds is 1. The third-order valence-corrected chi connectivity index (χ3v) is 2.14. The molecule has 1 aliphatic heterocycles. The maximum absolute atomic E-state index is 13.4. The molecular formula is C6H12BFO4. The van der Waals surface area contributed by atoms with Crippen molar-refractivity contribution in [2.24, 2.45) is 0 Å². The molecule has 1 aliphatic rings. The van der Waals surface area contributed by atoms with Gasteiger partial charge in [0.1, 0.15) is 26.2 Å². The van der Waals surface area contributed by atoms with Crippen molar-refractivity contribution in [3.8, 4) is 0 Å². The lowest BCUT2D eigenvalue weighted by Crippen LogP contribution is -2.47. The first-order chi connectivity index (χ1) is 5.39. The summed E-state index contributed by atoms with van der Waals surface area (Å²) in [4.78, 5) is 0. The maximum Gasteiger partial charge on any atom is 0.263 e. The first-order valence-corrected chi connectivity index (χ1v) is 3.80. The van der Waals surface area contributed by atoms with Crippen LogP contribution in [0, 0.1) is 0 Å². The Bertz CT molecular complexity index is 179. The molecule has 0 aromatic heterocycles. The second-order valence-corrected chi connectivity index (χ2v) is 3.13. The predicted octanol–water partition coefficient (Wildman–Crippen LogP) is -2.26. The molecule has 1 unspecified atom stereocenters. The molecule has 70 valence electrons. The zero-order valence-electron chi connectivity index (χ0n) is 6.94. The van der Waals surface area contributed by atoms with Crippen molar-refractivity contribution < 1.29 is 24.4 Å². The highest BCUT2D eigenvalue weighted by atomic mass is 19.2. The van der Waals surface area contributed by atoms with Crippen LogP contribution in [-0.4, -0.2) is 53.3 Å². The summed E-state index contributed by atoms with van der Waals surface area (Å²) in [6.45, 7) is 1.16. The Balaban J connectivity index is 2.82. The van der Waals surface area contributed by atoms with E-state index in [2.05, 4.69) is 4.74 Å². The molecule has 0 amide bonds. The van der Waals surface area contributed by atoms with Crippen LogP contribution in [0.5, 0.6) is 0 Å². The molecular weight excluding hydrogens is 166 g/mol. The lowest BCUT2D eigenvalue weighted by molar-refractivity contribution is -0.217. The maximum atomic E-state index is 13.4. The molecule has 4 nitrogen and oxygen atoms in total. The van der Waals surface area contributed by atoms with E-state index in [4.69, 9.17) is 15.3 Å². The largest absolute Gasteiger partial charge is 0.388 e. The van der Waals surface area contributed by atoms with Crippen LogP contribution in [0.2, 0.25) is 0 Å². The quantitative estimate of drug-likeness (QED) is 0.396. The van der Waals surface area contributed by atoms with Gasteiger partial charge in [-0.2, -0.15) is 0 Å². The zero-order valence-corrected chi connectivity index (χ0v) is 6.94. The molecule has 1 rings (SSSR count). The molecule has 5 atom stereocenters. The van der Waals surface area contributed by atoms with Crippen molar-refractivity contribution in [2.45, 2.75) is 37.1 Å². The molecule has 1 saturated heterocycles. The summed E-state index contributed by atoms with van der Waals surface area (Å²) < 4.78 is 18.1. The summed E-state index contributed by atoms with van der Waals surface area (Å²) in [6, 6.07) is -0.806. The zero-order chi connectivity index (χ0) is 9.52. The monoisotopic (exact) mass is 178 g/mol. The second-order valence-electron chi connectivity index (χ2n) is 3.13. The number of alkyl halides is 1. The van der Waals surface area contributed by atoms with Crippen LogP contribution in [0.1, 0.15) is 6.92 Å². The van der Waals surface area contributed by atoms with Crippen molar-refractivity contribution in [2.75, 3.05) is 0 Å². The van der Waals surface area contributed by atoms with Gasteiger partial charge < -0.3 is 20.1 Å². The van der Waals surface area contributed by atoms with E-state index >= 15 is 0 Å². The van der Waals surface area contributed by atoms with Gasteiger partial charge in [0.25, 0.3) is 5.85 Å². The molecule has 3 N–H and O–H groups in total. The van der Waals surface area contributed by atoms with E-state index in [1.54, 1.807) is 0 Å². The summed E-state index contributed by atoms with van der Waals surface area (Å²) in [5, 5.41) is 27.2. The average Bonchev–Trinajstić information content (AvgIpc) is 2.17. The molecule has 0 bridgehead atoms. The number of aliphatic hydroxyl groups excluding tert-OH is 3. The molecule has 0 saturated carbocycles.